The summed E-state index contributed by atoms with van der Waals surface area (Å²) in [6, 6.07) is 6.75. The van der Waals surface area contributed by atoms with Crippen LogP contribution >= 0.6 is 0 Å². The first-order valence-electron chi connectivity index (χ1n) is 3.57. The third kappa shape index (κ3) is 2.41. The fraction of sp³-hybridized carbons (Fsp3) is 0.250. The fourth-order valence-electron chi connectivity index (χ4n) is 0.940. The number of halogens is 1. The monoisotopic (exact) mass is 146 g/mol. The maximum absolute atomic E-state index is 12.3. The predicted molar refractivity (Wildman–Crippen MR) is 40.7 cm³/mol. The Morgan fingerprint density at radius 1 is 1.20 bits per heavy atom. The van der Waals surface area contributed by atoms with Gasteiger partial charge >= 0.3 is 78.1 Å². The van der Waals surface area contributed by atoms with Crippen LogP contribution < -0.4 is 0 Å². The Morgan fingerprint density at radius 2 is 1.80 bits per heavy atom. The molecule has 2 heteroatoms. The van der Waals surface area contributed by atoms with Crippen molar-refractivity contribution in [1.82, 2.24) is 0 Å². The minimum atomic E-state index is -0.142. The topological polar surface area (TPSA) is 0 Å². The van der Waals surface area contributed by atoms with E-state index in [1.54, 1.807) is 0 Å². The summed E-state index contributed by atoms with van der Waals surface area (Å²) in [6.45, 7) is 0. The molecule has 10 heavy (non-hydrogen) atoms. The van der Waals surface area contributed by atoms with Crippen molar-refractivity contribution in [1.29, 1.82) is 0 Å². The van der Waals surface area contributed by atoms with Crippen LogP contribution in [0.15, 0.2) is 24.3 Å². The molecule has 0 bridgehead atoms. The fourth-order valence-corrected chi connectivity index (χ4v) is 1.52. The van der Waals surface area contributed by atoms with Crippen LogP contribution in [0.25, 0.3) is 0 Å². The van der Waals surface area contributed by atoms with Gasteiger partial charge in [0.2, 0.25) is 0 Å². The van der Waals surface area contributed by atoms with Crippen molar-refractivity contribution in [3.63, 3.8) is 0 Å². The molecule has 0 aliphatic carbocycles. The predicted octanol–water partition coefficient (Wildman–Crippen LogP) is 1.96. The van der Waals surface area contributed by atoms with E-state index in [2.05, 4.69) is 0 Å². The van der Waals surface area contributed by atoms with Crippen molar-refractivity contribution in [2.24, 2.45) is 0 Å². The average molecular weight is 146 g/mol. The molecule has 1 aromatic rings. The van der Waals surface area contributed by atoms with E-state index in [-0.39, 0.29) is 5.82 Å². The third-order valence-corrected chi connectivity index (χ3v) is 1.95. The molecular formula is C8H8FNa. The van der Waals surface area contributed by atoms with Gasteiger partial charge < -0.3 is 0 Å². The van der Waals surface area contributed by atoms with Gasteiger partial charge in [0.05, 0.1) is 0 Å². The first kappa shape index (κ1) is 8.25. The van der Waals surface area contributed by atoms with Crippen LogP contribution in [-0.2, 0) is 6.42 Å². The molecule has 1 aromatic carbocycles. The molecule has 1 rings (SSSR count). The van der Waals surface area contributed by atoms with Crippen LogP contribution in [0.2, 0.25) is 3.67 Å². The molecule has 48 valence electrons. The Balaban J connectivity index is 2.69. The summed E-state index contributed by atoms with van der Waals surface area (Å²) in [7, 11) is 0. The van der Waals surface area contributed by atoms with E-state index in [1.807, 2.05) is 12.1 Å². The van der Waals surface area contributed by atoms with Gasteiger partial charge in [0.15, 0.2) is 0 Å². The number of hydrogen-bond donors (Lipinski definition) is 0. The van der Waals surface area contributed by atoms with Gasteiger partial charge in [-0.2, -0.15) is 0 Å². The summed E-state index contributed by atoms with van der Waals surface area (Å²) >= 11 is 1.23. The van der Waals surface area contributed by atoms with Gasteiger partial charge in [0, 0.05) is 0 Å². The normalized spacial score (nSPS) is 9.90. The molecule has 0 radical (unpaired) electrons. The maximum atomic E-state index is 12.3. The van der Waals surface area contributed by atoms with Crippen molar-refractivity contribution in [2.45, 2.75) is 10.1 Å². The van der Waals surface area contributed by atoms with Crippen LogP contribution in [0.4, 0.5) is 4.39 Å². The Bertz CT molecular complexity index is 193. The van der Waals surface area contributed by atoms with E-state index in [1.165, 1.54) is 49.3 Å². The summed E-state index contributed by atoms with van der Waals surface area (Å²) < 4.78 is 13.6. The number of aryl methyl sites for hydroxylation is 1. The Kier molecular flexibility index (Phi) is 3.40. The molecule has 0 amide bonds. The van der Waals surface area contributed by atoms with Crippen LogP contribution in [0.3, 0.4) is 0 Å². The molecular weight excluding hydrogens is 138 g/mol. The van der Waals surface area contributed by atoms with Crippen LogP contribution in [-0.4, -0.2) is 27.9 Å². The van der Waals surface area contributed by atoms with E-state index in [9.17, 15) is 4.39 Å². The van der Waals surface area contributed by atoms with Crippen molar-refractivity contribution >= 4 is 27.9 Å². The van der Waals surface area contributed by atoms with E-state index < -0.39 is 0 Å². The van der Waals surface area contributed by atoms with Gasteiger partial charge in [-0.3, -0.25) is 0 Å². The van der Waals surface area contributed by atoms with Gasteiger partial charge in [-0.05, 0) is 0 Å². The molecule has 0 spiro atoms. The van der Waals surface area contributed by atoms with Crippen LogP contribution in [0.5, 0.6) is 0 Å². The van der Waals surface area contributed by atoms with Crippen molar-refractivity contribution in [3.05, 3.63) is 35.6 Å². The zero-order chi connectivity index (χ0) is 7.40. The number of rotatable bonds is 2. The molecule has 0 fully saturated rings. The molecule has 0 saturated carbocycles. The zero-order valence-electron chi connectivity index (χ0n) is 6.10. The van der Waals surface area contributed by atoms with Gasteiger partial charge in [0.1, 0.15) is 0 Å². The van der Waals surface area contributed by atoms with Crippen molar-refractivity contribution in [3.8, 4) is 0 Å². The second-order valence-corrected chi connectivity index (χ2v) is 3.38. The molecule has 0 unspecified atom stereocenters. The van der Waals surface area contributed by atoms with E-state index >= 15 is 0 Å². The molecule has 0 aromatic heterocycles. The van der Waals surface area contributed by atoms with E-state index in [0.717, 1.165) is 6.42 Å². The van der Waals surface area contributed by atoms with E-state index in [0.29, 0.717) is 0 Å². The average Bonchev–Trinajstić information content (AvgIpc) is 1.95. The first-order chi connectivity index (χ1) is 4.83. The van der Waals surface area contributed by atoms with Gasteiger partial charge in [-0.15, -0.1) is 0 Å². The van der Waals surface area contributed by atoms with Gasteiger partial charge in [0.25, 0.3) is 0 Å². The first-order valence-corrected chi connectivity index (χ1v) is 4.99. The number of hydrogen-bond acceptors (Lipinski definition) is 0. The zero-order valence-corrected chi connectivity index (χ0v) is 8.10. The standard InChI is InChI=1S/C8H8F.Na/c1-2-7-3-5-8(9)6-4-7;/h3-6H,1-2H2;. The summed E-state index contributed by atoms with van der Waals surface area (Å²) in [5.41, 5.74) is 1.25. The Morgan fingerprint density at radius 3 is 2.30 bits per heavy atom. The van der Waals surface area contributed by atoms with Crippen molar-refractivity contribution in [2.75, 3.05) is 0 Å². The van der Waals surface area contributed by atoms with Gasteiger partial charge in [-0.1, -0.05) is 0 Å². The molecule has 0 aliphatic rings. The number of benzene rings is 1. The second-order valence-electron chi connectivity index (χ2n) is 2.38. The van der Waals surface area contributed by atoms with Crippen LogP contribution in [0, 0.1) is 5.82 Å². The molecule has 0 atom stereocenters. The minimum absolute atomic E-state index is 0.142. The summed E-state index contributed by atoms with van der Waals surface area (Å²) in [6.07, 6.45) is 1.10. The molecule has 0 aliphatic heterocycles. The third-order valence-electron chi connectivity index (χ3n) is 1.45. The second kappa shape index (κ2) is 4.12. The van der Waals surface area contributed by atoms with Gasteiger partial charge in [-0.25, -0.2) is 0 Å². The summed E-state index contributed by atoms with van der Waals surface area (Å²) in [5.74, 6) is -0.142. The van der Waals surface area contributed by atoms with E-state index in [4.69, 9.17) is 0 Å². The van der Waals surface area contributed by atoms with Crippen LogP contribution in [0.1, 0.15) is 5.56 Å². The Labute approximate surface area is 77.9 Å². The molecule has 0 heterocycles. The quantitative estimate of drug-likeness (QED) is 0.559. The van der Waals surface area contributed by atoms with Crippen molar-refractivity contribution < 1.29 is 4.39 Å². The summed E-state index contributed by atoms with van der Waals surface area (Å²) in [5, 5.41) is 0. The molecule has 0 saturated heterocycles. The SMILES string of the molecule is Fc1ccc(C[CH2][Na])cc1. The molecule has 0 N–H and O–H groups in total. The molecule has 0 nitrogen and oxygen atoms in total. The summed E-state index contributed by atoms with van der Waals surface area (Å²) in [4.78, 5) is 0. The Hall–Kier alpha value is 0.150.